The molecule has 0 unspecified atom stereocenters. The molecule has 22 heavy (non-hydrogen) atoms. The Hall–Kier alpha value is -2.50. The monoisotopic (exact) mass is 302 g/mol. The van der Waals surface area contributed by atoms with Gasteiger partial charge >= 0.3 is 12.2 Å². The maximum absolute atomic E-state index is 12.3. The zero-order chi connectivity index (χ0) is 15.7. The molecule has 2 amide bonds. The van der Waals surface area contributed by atoms with Gasteiger partial charge in [-0.3, -0.25) is 9.80 Å². The molecule has 3 aliphatic heterocycles. The molecule has 0 N–H and O–H groups in total. The Morgan fingerprint density at radius 1 is 0.818 bits per heavy atom. The fourth-order valence-electron chi connectivity index (χ4n) is 3.17. The molecule has 0 saturated carbocycles. The third-order valence-corrected chi connectivity index (χ3v) is 4.21. The van der Waals surface area contributed by atoms with Crippen LogP contribution in [-0.2, 0) is 9.47 Å². The molecule has 3 heterocycles. The molecule has 0 aromatic heterocycles. The van der Waals surface area contributed by atoms with Gasteiger partial charge in [0, 0.05) is 12.1 Å². The molecule has 0 saturated heterocycles. The minimum atomic E-state index is -0.458. The summed E-state index contributed by atoms with van der Waals surface area (Å²) in [6.07, 6.45) is 14.4. The first-order valence-corrected chi connectivity index (χ1v) is 7.11. The van der Waals surface area contributed by atoms with Gasteiger partial charge in [0.05, 0.1) is 32.3 Å². The number of amides is 2. The zero-order valence-electron chi connectivity index (χ0n) is 12.5. The molecular weight excluding hydrogens is 284 g/mol. The van der Waals surface area contributed by atoms with Crippen LogP contribution in [-0.4, -0.2) is 54.3 Å². The van der Waals surface area contributed by atoms with Crippen LogP contribution in [0.3, 0.4) is 0 Å². The summed E-state index contributed by atoms with van der Waals surface area (Å²) in [6.45, 7) is 0. The number of hydrogen-bond donors (Lipinski definition) is 0. The van der Waals surface area contributed by atoms with Gasteiger partial charge in [0.2, 0.25) is 0 Å². The van der Waals surface area contributed by atoms with Crippen LogP contribution in [0.4, 0.5) is 9.59 Å². The van der Waals surface area contributed by atoms with Crippen molar-refractivity contribution in [1.82, 2.24) is 9.80 Å². The molecule has 4 atom stereocenters. The van der Waals surface area contributed by atoms with Crippen LogP contribution in [0.2, 0.25) is 0 Å². The van der Waals surface area contributed by atoms with Crippen molar-refractivity contribution in [2.45, 2.75) is 18.1 Å². The van der Waals surface area contributed by atoms with Crippen LogP contribution in [0.25, 0.3) is 0 Å². The summed E-state index contributed by atoms with van der Waals surface area (Å²) in [6, 6.07) is -0.809. The van der Waals surface area contributed by atoms with E-state index in [1.54, 1.807) is 11.1 Å². The van der Waals surface area contributed by atoms with Crippen LogP contribution in [0.5, 0.6) is 0 Å². The molecule has 0 aliphatic carbocycles. The van der Waals surface area contributed by atoms with Crippen molar-refractivity contribution in [1.29, 1.82) is 0 Å². The lowest BCUT2D eigenvalue weighted by Gasteiger charge is -2.40. The van der Waals surface area contributed by atoms with Crippen molar-refractivity contribution in [3.8, 4) is 0 Å². The summed E-state index contributed by atoms with van der Waals surface area (Å²) in [5.41, 5.74) is 0. The van der Waals surface area contributed by atoms with E-state index < -0.39 is 12.2 Å². The number of nitrogens with zero attached hydrogens (tertiary/aromatic N) is 2. The quantitative estimate of drug-likeness (QED) is 0.643. The Labute approximate surface area is 129 Å². The summed E-state index contributed by atoms with van der Waals surface area (Å²) in [5, 5.41) is 0. The molecule has 6 nitrogen and oxygen atoms in total. The topological polar surface area (TPSA) is 59.1 Å². The Balaban J connectivity index is 2.10. The van der Waals surface area contributed by atoms with Crippen molar-refractivity contribution in [3.63, 3.8) is 0 Å². The second-order valence-electron chi connectivity index (χ2n) is 5.30. The van der Waals surface area contributed by atoms with Crippen molar-refractivity contribution >= 4 is 12.2 Å². The summed E-state index contributed by atoms with van der Waals surface area (Å²) in [7, 11) is 2.71. The lowest BCUT2D eigenvalue weighted by atomic mass is 9.97. The number of carbonyl (C=O) groups is 2. The largest absolute Gasteiger partial charge is 0.453 e. The van der Waals surface area contributed by atoms with Crippen LogP contribution < -0.4 is 0 Å². The van der Waals surface area contributed by atoms with E-state index in [1.807, 2.05) is 42.5 Å². The predicted octanol–water partition coefficient (Wildman–Crippen LogP) is 2.07. The lowest BCUT2D eigenvalue weighted by Crippen LogP contribution is -2.56. The minimum absolute atomic E-state index is 0.0302. The number of rotatable bonds is 0. The van der Waals surface area contributed by atoms with E-state index >= 15 is 0 Å². The van der Waals surface area contributed by atoms with Gasteiger partial charge in [0.1, 0.15) is 0 Å². The first-order chi connectivity index (χ1) is 10.7. The van der Waals surface area contributed by atoms with E-state index in [1.165, 1.54) is 19.1 Å². The SMILES string of the molecule is COC(=O)N1C=C[C@@H]2C=C[C@@H]1[C@@H]1C=CC=C[C@@H]2N1C(=O)OC. The maximum atomic E-state index is 12.3. The summed E-state index contributed by atoms with van der Waals surface area (Å²) >= 11 is 0. The van der Waals surface area contributed by atoms with Gasteiger partial charge in [-0.1, -0.05) is 42.5 Å². The average molecular weight is 302 g/mol. The van der Waals surface area contributed by atoms with Gasteiger partial charge in [-0.25, -0.2) is 9.59 Å². The van der Waals surface area contributed by atoms with Crippen LogP contribution in [0, 0.1) is 5.92 Å². The number of allylic oxidation sites excluding steroid dienone is 2. The Morgan fingerprint density at radius 3 is 2.18 bits per heavy atom. The van der Waals surface area contributed by atoms with Crippen LogP contribution in [0.1, 0.15) is 0 Å². The standard InChI is InChI=1S/C16H18N2O4/c1-21-15(19)17-10-9-11-7-8-13(17)14-6-4-3-5-12(11)18(14)16(20)22-2/h3-14H,1-2H3/t11-,12-,13+,14-/m0/s1. The highest BCUT2D eigenvalue weighted by Gasteiger charge is 2.43. The Morgan fingerprint density at radius 2 is 1.50 bits per heavy atom. The number of methoxy groups -OCH3 is 2. The normalized spacial score (nSPS) is 31.5. The average Bonchev–Trinajstić information content (AvgIpc) is 2.95. The highest BCUT2D eigenvalue weighted by atomic mass is 16.5. The van der Waals surface area contributed by atoms with Crippen molar-refractivity contribution < 1.29 is 19.1 Å². The highest BCUT2D eigenvalue weighted by molar-refractivity contribution is 5.73. The van der Waals surface area contributed by atoms with Crippen molar-refractivity contribution in [2.75, 3.05) is 14.2 Å². The van der Waals surface area contributed by atoms with Gasteiger partial charge in [-0.05, 0) is 0 Å². The van der Waals surface area contributed by atoms with E-state index in [2.05, 4.69) is 0 Å². The highest BCUT2D eigenvalue weighted by Crippen LogP contribution is 2.33. The molecule has 0 aromatic carbocycles. The molecule has 0 spiro atoms. The molecule has 6 heteroatoms. The lowest BCUT2D eigenvalue weighted by molar-refractivity contribution is 0.0739. The molecule has 0 fully saturated rings. The van der Waals surface area contributed by atoms with E-state index in [0.29, 0.717) is 0 Å². The Kier molecular flexibility index (Phi) is 3.75. The molecule has 0 aromatic rings. The first-order valence-electron chi connectivity index (χ1n) is 7.11. The Bertz CT molecular complexity index is 593. The van der Waals surface area contributed by atoms with Crippen molar-refractivity contribution in [3.05, 3.63) is 48.7 Å². The fraction of sp³-hybridized carbons (Fsp3) is 0.375. The third kappa shape index (κ3) is 2.20. The van der Waals surface area contributed by atoms with E-state index in [9.17, 15) is 9.59 Å². The van der Waals surface area contributed by atoms with E-state index in [-0.39, 0.29) is 24.0 Å². The van der Waals surface area contributed by atoms with Crippen LogP contribution in [0.15, 0.2) is 48.7 Å². The van der Waals surface area contributed by atoms with Crippen LogP contribution >= 0.6 is 0 Å². The van der Waals surface area contributed by atoms with Gasteiger partial charge in [0.15, 0.2) is 0 Å². The van der Waals surface area contributed by atoms with Gasteiger partial charge < -0.3 is 9.47 Å². The smallest absolute Gasteiger partial charge is 0.414 e. The van der Waals surface area contributed by atoms with Crippen molar-refractivity contribution in [2.24, 2.45) is 5.92 Å². The molecular formula is C16H18N2O4. The molecule has 3 aliphatic rings. The molecule has 4 bridgehead atoms. The summed E-state index contributed by atoms with van der Waals surface area (Å²) in [5.74, 6) is -0.0302. The van der Waals surface area contributed by atoms with Gasteiger partial charge in [-0.2, -0.15) is 0 Å². The zero-order valence-corrected chi connectivity index (χ0v) is 12.5. The van der Waals surface area contributed by atoms with E-state index in [0.717, 1.165) is 0 Å². The van der Waals surface area contributed by atoms with Gasteiger partial charge in [0.25, 0.3) is 0 Å². The second-order valence-corrected chi connectivity index (χ2v) is 5.30. The number of fused-ring (bicyclic) bond motifs is 6. The van der Waals surface area contributed by atoms with E-state index in [4.69, 9.17) is 9.47 Å². The molecule has 3 rings (SSSR count). The predicted molar refractivity (Wildman–Crippen MR) is 79.9 cm³/mol. The second kappa shape index (κ2) is 5.71. The number of ether oxygens (including phenoxy) is 2. The number of carbonyl (C=O) groups excluding carboxylic acids is 2. The fourth-order valence-corrected chi connectivity index (χ4v) is 3.17. The minimum Gasteiger partial charge on any atom is -0.453 e. The van der Waals surface area contributed by atoms with Gasteiger partial charge in [-0.15, -0.1) is 0 Å². The summed E-state index contributed by atoms with van der Waals surface area (Å²) in [4.78, 5) is 27.5. The molecule has 0 radical (unpaired) electrons. The number of hydrogen-bond acceptors (Lipinski definition) is 4. The maximum Gasteiger partial charge on any atom is 0.414 e. The molecule has 116 valence electrons. The summed E-state index contributed by atoms with van der Waals surface area (Å²) < 4.78 is 9.81. The third-order valence-electron chi connectivity index (χ3n) is 4.21. The first kappa shape index (κ1) is 14.4.